The van der Waals surface area contributed by atoms with Crippen molar-refractivity contribution < 1.29 is 9.53 Å². The third-order valence-corrected chi connectivity index (χ3v) is 6.39. The molecule has 29 heavy (non-hydrogen) atoms. The van der Waals surface area contributed by atoms with Crippen LogP contribution in [0, 0.1) is 0 Å². The van der Waals surface area contributed by atoms with Crippen molar-refractivity contribution in [1.29, 1.82) is 0 Å². The van der Waals surface area contributed by atoms with E-state index in [1.807, 2.05) is 0 Å². The second kappa shape index (κ2) is 12.8. The molecule has 166 valence electrons. The maximum absolute atomic E-state index is 12.8. The second-order valence-corrected chi connectivity index (χ2v) is 8.11. The predicted octanol–water partition coefficient (Wildman–Crippen LogP) is 3.68. The van der Waals surface area contributed by atoms with Crippen molar-refractivity contribution in [2.75, 3.05) is 27.2 Å². The van der Waals surface area contributed by atoms with Crippen LogP contribution in [0.5, 0.6) is 0 Å². The van der Waals surface area contributed by atoms with E-state index < -0.39 is 5.60 Å². The molecule has 0 spiro atoms. The molecule has 1 aromatic rings. The van der Waals surface area contributed by atoms with Gasteiger partial charge in [-0.05, 0) is 56.9 Å². The van der Waals surface area contributed by atoms with Gasteiger partial charge in [-0.3, -0.25) is 9.69 Å². The van der Waals surface area contributed by atoms with Gasteiger partial charge < -0.3 is 15.4 Å². The monoisotopic (exact) mass is 445 g/mol. The number of benzene rings is 1. The highest BCUT2D eigenvalue weighted by molar-refractivity contribution is 5.86. The number of carbonyl (C=O) groups excluding carboxylic acids is 1. The van der Waals surface area contributed by atoms with Crippen molar-refractivity contribution in [3.05, 3.63) is 35.4 Å². The number of piperidine rings is 1. The number of carbonyl (C=O) groups is 1. The molecule has 2 fully saturated rings. The summed E-state index contributed by atoms with van der Waals surface area (Å²) in [6.45, 7) is 3.15. The first-order valence-electron chi connectivity index (χ1n) is 10.5. The number of nitrogens with zero attached hydrogens (tertiary/aromatic N) is 1. The molecule has 1 aromatic carbocycles. The van der Waals surface area contributed by atoms with Gasteiger partial charge in [0.05, 0.1) is 0 Å². The smallest absolute Gasteiger partial charge is 0.252 e. The molecular formula is C22H37Cl2N3O2. The molecule has 7 heteroatoms. The number of methoxy groups -OCH3 is 1. The fraction of sp³-hybridized carbons (Fsp3) is 0.682. The molecule has 0 aromatic heterocycles. The summed E-state index contributed by atoms with van der Waals surface area (Å²) in [6, 6.07) is 9.16. The fourth-order valence-corrected chi connectivity index (χ4v) is 4.49. The van der Waals surface area contributed by atoms with E-state index in [1.165, 1.54) is 43.2 Å². The second-order valence-electron chi connectivity index (χ2n) is 8.11. The molecule has 1 amide bonds. The highest BCUT2D eigenvalue weighted by atomic mass is 35.5. The maximum Gasteiger partial charge on any atom is 0.252 e. The van der Waals surface area contributed by atoms with Crippen LogP contribution < -0.4 is 10.6 Å². The Morgan fingerprint density at radius 2 is 1.76 bits per heavy atom. The summed E-state index contributed by atoms with van der Waals surface area (Å²) in [4.78, 5) is 15.3. The van der Waals surface area contributed by atoms with Crippen molar-refractivity contribution in [3.63, 3.8) is 0 Å². The van der Waals surface area contributed by atoms with E-state index in [2.05, 4.69) is 46.8 Å². The van der Waals surface area contributed by atoms with Gasteiger partial charge in [0.1, 0.15) is 5.60 Å². The van der Waals surface area contributed by atoms with Crippen LogP contribution >= 0.6 is 24.8 Å². The van der Waals surface area contributed by atoms with Crippen molar-refractivity contribution in [1.82, 2.24) is 15.5 Å². The summed E-state index contributed by atoms with van der Waals surface area (Å²) in [5.74, 6) is 0.0157. The Morgan fingerprint density at radius 3 is 2.38 bits per heavy atom. The number of hydrogen-bond donors (Lipinski definition) is 2. The van der Waals surface area contributed by atoms with Crippen molar-refractivity contribution in [2.45, 2.75) is 69.7 Å². The minimum Gasteiger partial charge on any atom is -0.368 e. The Labute approximate surface area is 188 Å². The Balaban J connectivity index is 0.00000210. The first-order valence-corrected chi connectivity index (χ1v) is 10.5. The van der Waals surface area contributed by atoms with E-state index in [9.17, 15) is 4.79 Å². The van der Waals surface area contributed by atoms with Gasteiger partial charge in [0.25, 0.3) is 5.91 Å². The van der Waals surface area contributed by atoms with Crippen LogP contribution in [0.4, 0.5) is 0 Å². The third kappa shape index (κ3) is 6.83. The van der Waals surface area contributed by atoms with Crippen LogP contribution in [0.15, 0.2) is 24.3 Å². The normalized spacial score (nSPS) is 19.1. The van der Waals surface area contributed by atoms with E-state index in [-0.39, 0.29) is 30.7 Å². The van der Waals surface area contributed by atoms with E-state index in [0.717, 1.165) is 32.5 Å². The predicted molar refractivity (Wildman–Crippen MR) is 123 cm³/mol. The molecule has 0 unspecified atom stereocenters. The molecular weight excluding hydrogens is 409 g/mol. The summed E-state index contributed by atoms with van der Waals surface area (Å²) >= 11 is 0. The molecule has 2 N–H and O–H groups in total. The number of amides is 1. The summed E-state index contributed by atoms with van der Waals surface area (Å²) in [6.07, 6.45) is 8.13. The lowest BCUT2D eigenvalue weighted by molar-refractivity contribution is -0.146. The summed E-state index contributed by atoms with van der Waals surface area (Å²) in [7, 11) is 3.89. The lowest BCUT2D eigenvalue weighted by atomic mass is 9.91. The molecule has 1 aliphatic heterocycles. The highest BCUT2D eigenvalue weighted by Gasteiger charge is 2.39. The quantitative estimate of drug-likeness (QED) is 0.671. The molecule has 1 heterocycles. The van der Waals surface area contributed by atoms with Crippen LogP contribution in [0.1, 0.15) is 56.1 Å². The first kappa shape index (κ1) is 26.2. The number of hydrogen-bond acceptors (Lipinski definition) is 4. The van der Waals surface area contributed by atoms with Crippen molar-refractivity contribution in [2.24, 2.45) is 0 Å². The van der Waals surface area contributed by atoms with E-state index >= 15 is 0 Å². The minimum absolute atomic E-state index is 0. The van der Waals surface area contributed by atoms with Crippen LogP contribution in [0.3, 0.4) is 0 Å². The zero-order valence-electron chi connectivity index (χ0n) is 17.7. The molecule has 5 nitrogen and oxygen atoms in total. The summed E-state index contributed by atoms with van der Waals surface area (Å²) < 4.78 is 5.64. The molecule has 1 saturated carbocycles. The molecule has 2 aliphatic rings. The zero-order chi connectivity index (χ0) is 19.1. The Morgan fingerprint density at radius 1 is 1.14 bits per heavy atom. The first-order chi connectivity index (χ1) is 13.1. The summed E-state index contributed by atoms with van der Waals surface area (Å²) in [5, 5.41) is 6.44. The molecule has 0 atom stereocenters. The Bertz CT molecular complexity index is 618. The lowest BCUT2D eigenvalue weighted by Gasteiger charge is -2.35. The third-order valence-electron chi connectivity index (χ3n) is 6.39. The topological polar surface area (TPSA) is 53.6 Å². The number of ether oxygens (including phenoxy) is 1. The van der Waals surface area contributed by atoms with Gasteiger partial charge in [0.15, 0.2) is 0 Å². The molecule has 0 bridgehead atoms. The van der Waals surface area contributed by atoms with Gasteiger partial charge in [-0.15, -0.1) is 24.8 Å². The largest absolute Gasteiger partial charge is 0.368 e. The van der Waals surface area contributed by atoms with E-state index in [1.54, 1.807) is 7.11 Å². The minimum atomic E-state index is -0.681. The van der Waals surface area contributed by atoms with E-state index in [4.69, 9.17) is 4.74 Å². The van der Waals surface area contributed by atoms with Crippen LogP contribution in [-0.2, 0) is 22.6 Å². The Hall–Kier alpha value is -0.850. The molecule has 3 rings (SSSR count). The average Bonchev–Trinajstić information content (AvgIpc) is 2.74. The van der Waals surface area contributed by atoms with Crippen LogP contribution in [0.25, 0.3) is 0 Å². The Kier molecular flexibility index (Phi) is 11.5. The van der Waals surface area contributed by atoms with Crippen LogP contribution in [-0.4, -0.2) is 49.7 Å². The summed E-state index contributed by atoms with van der Waals surface area (Å²) in [5.41, 5.74) is 1.83. The van der Waals surface area contributed by atoms with Crippen molar-refractivity contribution >= 4 is 30.7 Å². The SMILES string of the molecule is COC1(C(=O)NCc2ccccc2CN(C)C2CCCCC2)CCNCC1.Cl.Cl. The maximum atomic E-state index is 12.8. The standard InChI is InChI=1S/C22H35N3O2.2ClH/c1-25(20-10-4-3-5-11-20)17-19-9-7-6-8-18(19)16-24-21(26)22(27-2)12-14-23-15-13-22;;/h6-9,20,23H,3-5,10-17H2,1-2H3,(H,24,26);2*1H. The van der Waals surface area contributed by atoms with Gasteiger partial charge in [-0.25, -0.2) is 0 Å². The zero-order valence-corrected chi connectivity index (χ0v) is 19.4. The highest BCUT2D eigenvalue weighted by Crippen LogP contribution is 2.25. The van der Waals surface area contributed by atoms with Gasteiger partial charge in [-0.2, -0.15) is 0 Å². The van der Waals surface area contributed by atoms with E-state index in [0.29, 0.717) is 12.6 Å². The molecule has 1 aliphatic carbocycles. The van der Waals surface area contributed by atoms with Crippen LogP contribution in [0.2, 0.25) is 0 Å². The van der Waals surface area contributed by atoms with Gasteiger partial charge >= 0.3 is 0 Å². The van der Waals surface area contributed by atoms with Crippen molar-refractivity contribution in [3.8, 4) is 0 Å². The fourth-order valence-electron chi connectivity index (χ4n) is 4.49. The van der Waals surface area contributed by atoms with Gasteiger partial charge in [0, 0.05) is 26.2 Å². The van der Waals surface area contributed by atoms with Gasteiger partial charge in [0.2, 0.25) is 0 Å². The molecule has 0 radical (unpaired) electrons. The average molecular weight is 446 g/mol. The number of nitrogens with one attached hydrogen (secondary N) is 2. The lowest BCUT2D eigenvalue weighted by Crippen LogP contribution is -2.54. The van der Waals surface area contributed by atoms with Gasteiger partial charge in [-0.1, -0.05) is 43.5 Å². The number of rotatable bonds is 7. The number of halogens is 2. The molecule has 1 saturated heterocycles.